The van der Waals surface area contributed by atoms with E-state index in [1.54, 1.807) is 0 Å². The zero-order chi connectivity index (χ0) is 16.9. The van der Waals surface area contributed by atoms with Crippen LogP contribution in [0, 0.1) is 11.8 Å². The smallest absolute Gasteiger partial charge is 0.0919 e. The molecule has 2 atom stereocenters. The number of aromatic nitrogens is 1. The minimum atomic E-state index is -0.530. The molecule has 3 nitrogen and oxygen atoms in total. The number of benzene rings is 1. The first-order valence-corrected chi connectivity index (χ1v) is 8.04. The molecule has 0 saturated heterocycles. The van der Waals surface area contributed by atoms with Gasteiger partial charge in [-0.05, 0) is 50.3 Å². The Morgan fingerprint density at radius 1 is 1.22 bits per heavy atom. The predicted octanol–water partition coefficient (Wildman–Crippen LogP) is 2.82. The average Bonchev–Trinajstić information content (AvgIpc) is 2.92. The summed E-state index contributed by atoms with van der Waals surface area (Å²) >= 11 is 0. The van der Waals surface area contributed by atoms with Crippen LogP contribution in [0.5, 0.6) is 0 Å². The zero-order valence-electron chi connectivity index (χ0n) is 14.2. The molecule has 0 unspecified atom stereocenters. The highest BCUT2D eigenvalue weighted by molar-refractivity contribution is 5.36. The third-order valence-corrected chi connectivity index (χ3v) is 4.26. The molecular weight excluding hydrogens is 284 g/mol. The Morgan fingerprint density at radius 3 is 2.57 bits per heavy atom. The molecule has 23 heavy (non-hydrogen) atoms. The van der Waals surface area contributed by atoms with E-state index in [-0.39, 0.29) is 12.5 Å². The summed E-state index contributed by atoms with van der Waals surface area (Å²) in [5, 5.41) is 9.25. The standard InChI is InChI=1S/C20H26N2O/c1-16(17-7-5-4-6-8-17)9-10-18-11-12-19(22(18)3)13-14-20(2,21)15-23/h4-8,11-12,16,23H,13-15,21H2,1-3H3/t16-,20+/m0/s1. The van der Waals surface area contributed by atoms with Gasteiger partial charge in [-0.15, -0.1) is 0 Å². The minimum Gasteiger partial charge on any atom is -0.394 e. The summed E-state index contributed by atoms with van der Waals surface area (Å²) < 4.78 is 2.11. The minimum absolute atomic E-state index is 0.00131. The maximum absolute atomic E-state index is 9.25. The molecule has 0 radical (unpaired) electrons. The first-order chi connectivity index (χ1) is 10.9. The molecule has 0 bridgehead atoms. The van der Waals surface area contributed by atoms with Crippen molar-refractivity contribution in [3.05, 3.63) is 59.4 Å². The van der Waals surface area contributed by atoms with Gasteiger partial charge in [0.2, 0.25) is 0 Å². The van der Waals surface area contributed by atoms with E-state index < -0.39 is 5.54 Å². The number of hydrogen-bond donors (Lipinski definition) is 2. The number of hydrogen-bond acceptors (Lipinski definition) is 2. The number of aliphatic hydroxyl groups is 1. The predicted molar refractivity (Wildman–Crippen MR) is 95.1 cm³/mol. The van der Waals surface area contributed by atoms with Crippen LogP contribution in [0.2, 0.25) is 0 Å². The number of rotatable bonds is 5. The zero-order valence-corrected chi connectivity index (χ0v) is 14.2. The van der Waals surface area contributed by atoms with Crippen LogP contribution in [0.15, 0.2) is 42.5 Å². The van der Waals surface area contributed by atoms with Crippen LogP contribution in [-0.4, -0.2) is 21.8 Å². The van der Waals surface area contributed by atoms with Crippen molar-refractivity contribution in [1.82, 2.24) is 4.57 Å². The van der Waals surface area contributed by atoms with Crippen molar-refractivity contribution >= 4 is 0 Å². The molecule has 2 rings (SSSR count). The van der Waals surface area contributed by atoms with Crippen LogP contribution in [0.4, 0.5) is 0 Å². The van der Waals surface area contributed by atoms with Gasteiger partial charge in [0.15, 0.2) is 0 Å². The van der Waals surface area contributed by atoms with Gasteiger partial charge in [-0.25, -0.2) is 0 Å². The normalized spacial score (nSPS) is 14.7. The van der Waals surface area contributed by atoms with Crippen molar-refractivity contribution in [2.24, 2.45) is 12.8 Å². The molecule has 0 aliphatic carbocycles. The fraction of sp³-hybridized carbons (Fsp3) is 0.400. The van der Waals surface area contributed by atoms with E-state index in [1.165, 1.54) is 11.3 Å². The number of aliphatic hydroxyl groups excluding tert-OH is 1. The summed E-state index contributed by atoms with van der Waals surface area (Å²) in [6.07, 6.45) is 1.58. The van der Waals surface area contributed by atoms with Crippen molar-refractivity contribution in [3.63, 3.8) is 0 Å². The van der Waals surface area contributed by atoms with E-state index in [9.17, 15) is 5.11 Å². The van der Waals surface area contributed by atoms with Crippen LogP contribution in [0.1, 0.15) is 43.1 Å². The van der Waals surface area contributed by atoms with E-state index in [4.69, 9.17) is 5.73 Å². The van der Waals surface area contributed by atoms with Crippen LogP contribution in [0.3, 0.4) is 0 Å². The summed E-state index contributed by atoms with van der Waals surface area (Å²) in [4.78, 5) is 0. The third-order valence-electron chi connectivity index (χ3n) is 4.26. The highest BCUT2D eigenvalue weighted by Gasteiger charge is 2.17. The first-order valence-electron chi connectivity index (χ1n) is 8.04. The first kappa shape index (κ1) is 17.3. The van der Waals surface area contributed by atoms with Gasteiger partial charge in [-0.1, -0.05) is 36.3 Å². The molecule has 0 aliphatic rings. The van der Waals surface area contributed by atoms with Gasteiger partial charge >= 0.3 is 0 Å². The lowest BCUT2D eigenvalue weighted by atomic mass is 9.97. The van der Waals surface area contributed by atoms with Crippen LogP contribution >= 0.6 is 0 Å². The second-order valence-electron chi connectivity index (χ2n) is 6.48. The van der Waals surface area contributed by atoms with E-state index in [0.717, 1.165) is 18.5 Å². The number of nitrogens with two attached hydrogens (primary N) is 1. The molecule has 0 aliphatic heterocycles. The van der Waals surface area contributed by atoms with Gasteiger partial charge in [0.25, 0.3) is 0 Å². The third kappa shape index (κ3) is 4.72. The monoisotopic (exact) mass is 310 g/mol. The van der Waals surface area contributed by atoms with Crippen molar-refractivity contribution in [1.29, 1.82) is 0 Å². The van der Waals surface area contributed by atoms with Gasteiger partial charge in [-0.3, -0.25) is 0 Å². The molecule has 122 valence electrons. The Morgan fingerprint density at radius 2 is 1.91 bits per heavy atom. The maximum Gasteiger partial charge on any atom is 0.0919 e. The molecule has 0 saturated carbocycles. The Labute approximate surface area is 139 Å². The van der Waals surface area contributed by atoms with Crippen molar-refractivity contribution in [2.45, 2.75) is 38.1 Å². The summed E-state index contributed by atoms with van der Waals surface area (Å²) in [7, 11) is 2.03. The molecule has 0 amide bonds. The Balaban J connectivity index is 2.07. The fourth-order valence-electron chi connectivity index (χ4n) is 2.43. The highest BCUT2D eigenvalue weighted by atomic mass is 16.3. The molecule has 0 spiro atoms. The van der Waals surface area contributed by atoms with Gasteiger partial charge in [0.1, 0.15) is 0 Å². The summed E-state index contributed by atoms with van der Waals surface area (Å²) in [5.41, 5.74) is 8.89. The van der Waals surface area contributed by atoms with Gasteiger partial charge in [-0.2, -0.15) is 0 Å². The summed E-state index contributed by atoms with van der Waals surface area (Å²) in [5.74, 6) is 6.80. The van der Waals surface area contributed by atoms with Gasteiger partial charge in [0.05, 0.1) is 12.3 Å². The lowest BCUT2D eigenvalue weighted by Gasteiger charge is -2.21. The summed E-state index contributed by atoms with van der Waals surface area (Å²) in [6.45, 7) is 3.99. The molecule has 1 aromatic carbocycles. The molecule has 1 heterocycles. The van der Waals surface area contributed by atoms with Crippen LogP contribution < -0.4 is 5.73 Å². The Kier molecular flexibility index (Phi) is 5.65. The van der Waals surface area contributed by atoms with Crippen molar-refractivity contribution in [2.75, 3.05) is 6.61 Å². The largest absolute Gasteiger partial charge is 0.394 e. The van der Waals surface area contributed by atoms with Crippen molar-refractivity contribution in [3.8, 4) is 11.8 Å². The van der Waals surface area contributed by atoms with Gasteiger partial charge < -0.3 is 15.4 Å². The van der Waals surface area contributed by atoms with Gasteiger partial charge in [0, 0.05) is 24.2 Å². The van der Waals surface area contributed by atoms with Crippen molar-refractivity contribution < 1.29 is 5.11 Å². The second-order valence-corrected chi connectivity index (χ2v) is 6.48. The van der Waals surface area contributed by atoms with Crippen LogP contribution in [0.25, 0.3) is 0 Å². The SMILES string of the molecule is C[C@@H](C#Cc1ccc(CC[C@@](C)(N)CO)n1C)c1ccccc1. The van der Waals surface area contributed by atoms with Crippen LogP contribution in [-0.2, 0) is 13.5 Å². The quantitative estimate of drug-likeness (QED) is 0.834. The maximum atomic E-state index is 9.25. The lowest BCUT2D eigenvalue weighted by Crippen LogP contribution is -2.40. The molecule has 0 fully saturated rings. The molecule has 1 aromatic heterocycles. The van der Waals surface area contributed by atoms with E-state index in [1.807, 2.05) is 38.2 Å². The molecule has 3 heteroatoms. The average molecular weight is 310 g/mol. The number of nitrogens with zero attached hydrogens (tertiary/aromatic N) is 1. The Hall–Kier alpha value is -2.02. The lowest BCUT2D eigenvalue weighted by molar-refractivity contribution is 0.200. The second kappa shape index (κ2) is 7.50. The Bertz CT molecular complexity index is 689. The van der Waals surface area contributed by atoms with E-state index in [0.29, 0.717) is 0 Å². The molecule has 2 aromatic rings. The molecule has 3 N–H and O–H groups in total. The topological polar surface area (TPSA) is 51.2 Å². The van der Waals surface area contributed by atoms with E-state index in [2.05, 4.69) is 41.5 Å². The highest BCUT2D eigenvalue weighted by Crippen LogP contribution is 2.15. The summed E-state index contributed by atoms with van der Waals surface area (Å²) in [6, 6.07) is 14.4. The fourth-order valence-corrected chi connectivity index (χ4v) is 2.43. The van der Waals surface area contributed by atoms with E-state index >= 15 is 0 Å². The molecular formula is C20H26N2O. The number of aryl methyl sites for hydroxylation is 1.